The predicted molar refractivity (Wildman–Crippen MR) is 211 cm³/mol. The third kappa shape index (κ3) is 4.86. The van der Waals surface area contributed by atoms with Gasteiger partial charge in [0.2, 0.25) is 9.84 Å². The highest BCUT2D eigenvalue weighted by Crippen LogP contribution is 2.55. The van der Waals surface area contributed by atoms with Crippen LogP contribution in [0.15, 0.2) is 191 Å². The Kier molecular flexibility index (Phi) is 6.85. The molecule has 0 amide bonds. The van der Waals surface area contributed by atoms with Crippen LogP contribution in [0.5, 0.6) is 0 Å². The lowest BCUT2D eigenvalue weighted by molar-refractivity contribution is 0.589. The van der Waals surface area contributed by atoms with Crippen LogP contribution >= 0.6 is 11.8 Å². The Morgan fingerprint density at radius 1 is 0.451 bits per heavy atom. The van der Waals surface area contributed by atoms with E-state index < -0.39 is 15.2 Å². The van der Waals surface area contributed by atoms with E-state index in [1.54, 1.807) is 23.9 Å². The quantitative estimate of drug-likeness (QED) is 0.183. The molecule has 0 bridgehead atoms. The number of hydrogen-bond donors (Lipinski definition) is 0. The van der Waals surface area contributed by atoms with Crippen molar-refractivity contribution in [1.29, 1.82) is 0 Å². The zero-order valence-electron chi connectivity index (χ0n) is 27.3. The monoisotopic (exact) mass is 694 g/mol. The highest BCUT2D eigenvalue weighted by atomic mass is 32.2. The van der Waals surface area contributed by atoms with Crippen LogP contribution in [0, 0.1) is 0 Å². The van der Waals surface area contributed by atoms with E-state index in [-0.39, 0.29) is 0 Å². The van der Waals surface area contributed by atoms with Gasteiger partial charge in [0.1, 0.15) is 0 Å². The molecule has 0 saturated carbocycles. The number of hydrogen-bond acceptors (Lipinski definition) is 5. The summed E-state index contributed by atoms with van der Waals surface area (Å²) in [6, 6.07) is 59.9. The van der Waals surface area contributed by atoms with Crippen LogP contribution < -0.4 is 9.80 Å². The number of benzene rings is 8. The molecular formula is C45H30N2O2S2. The highest BCUT2D eigenvalue weighted by Gasteiger charge is 2.45. The molecule has 51 heavy (non-hydrogen) atoms. The number of anilines is 5. The van der Waals surface area contributed by atoms with Crippen LogP contribution in [0.25, 0.3) is 32.7 Å². The number of rotatable bonds is 4. The normalized spacial score (nSPS) is 15.8. The Balaban J connectivity index is 1.08. The fourth-order valence-electron chi connectivity index (χ4n) is 7.59. The molecule has 2 aliphatic heterocycles. The predicted octanol–water partition coefficient (Wildman–Crippen LogP) is 12.2. The van der Waals surface area contributed by atoms with Gasteiger partial charge in [-0.3, -0.25) is 0 Å². The minimum Gasteiger partial charge on any atom is -0.319 e. The first-order chi connectivity index (χ1) is 25.0. The number of nitrogens with zero attached hydrogens (tertiary/aromatic N) is 2. The molecule has 0 N–H and O–H groups in total. The maximum Gasteiger partial charge on any atom is 0.206 e. The minimum atomic E-state index is -3.76. The first-order valence-corrected chi connectivity index (χ1v) is 19.3. The topological polar surface area (TPSA) is 40.6 Å². The van der Waals surface area contributed by atoms with Crippen LogP contribution in [0.4, 0.5) is 28.4 Å². The fraction of sp³-hybridized carbons (Fsp3) is 0.0222. The SMILES string of the molecule is O=S1(=O)c2ccccc2N(c2ccc(-c3ccc4ccccc4c3)cc2)C1c1ccc2c(c1)Sc1ccccc1N2c1ccc2ccccc2c1. The molecule has 1 unspecified atom stereocenters. The Hall–Kier alpha value is -5.82. The van der Waals surface area contributed by atoms with Gasteiger partial charge in [0.25, 0.3) is 0 Å². The first-order valence-electron chi connectivity index (χ1n) is 16.9. The fourth-order valence-corrected chi connectivity index (χ4v) is 10.7. The summed E-state index contributed by atoms with van der Waals surface area (Å²) in [5, 5.41) is 3.82. The highest BCUT2D eigenvalue weighted by molar-refractivity contribution is 7.99. The van der Waals surface area contributed by atoms with E-state index in [1.807, 2.05) is 35.2 Å². The zero-order chi connectivity index (χ0) is 34.1. The van der Waals surface area contributed by atoms with Crippen LogP contribution in [0.3, 0.4) is 0 Å². The summed E-state index contributed by atoms with van der Waals surface area (Å²) in [5.74, 6) is 0. The van der Waals surface area contributed by atoms with Gasteiger partial charge >= 0.3 is 0 Å². The molecule has 2 heterocycles. The van der Waals surface area contributed by atoms with Crippen molar-refractivity contribution in [1.82, 2.24) is 0 Å². The molecule has 10 rings (SSSR count). The zero-order valence-corrected chi connectivity index (χ0v) is 29.0. The smallest absolute Gasteiger partial charge is 0.206 e. The first kappa shape index (κ1) is 30.0. The number of sulfone groups is 1. The number of fused-ring (bicyclic) bond motifs is 5. The van der Waals surface area contributed by atoms with Crippen LogP contribution in [-0.4, -0.2) is 8.42 Å². The molecule has 244 valence electrons. The van der Waals surface area contributed by atoms with Gasteiger partial charge in [-0.25, -0.2) is 8.42 Å². The molecule has 8 aromatic rings. The summed E-state index contributed by atoms with van der Waals surface area (Å²) in [7, 11) is -3.76. The van der Waals surface area contributed by atoms with E-state index in [1.165, 1.54) is 21.5 Å². The van der Waals surface area contributed by atoms with Crippen molar-refractivity contribution in [2.75, 3.05) is 9.80 Å². The summed E-state index contributed by atoms with van der Waals surface area (Å²) in [6.45, 7) is 0. The lowest BCUT2D eigenvalue weighted by Gasteiger charge is -2.34. The van der Waals surface area contributed by atoms with Crippen molar-refractivity contribution >= 4 is 71.6 Å². The van der Waals surface area contributed by atoms with Gasteiger partial charge in [-0.1, -0.05) is 121 Å². The van der Waals surface area contributed by atoms with Crippen LogP contribution in [0.2, 0.25) is 0 Å². The van der Waals surface area contributed by atoms with Gasteiger partial charge in [-0.05, 0) is 105 Å². The average molecular weight is 695 g/mol. The summed E-state index contributed by atoms with van der Waals surface area (Å²) in [5.41, 5.74) is 7.63. The van der Waals surface area contributed by atoms with Gasteiger partial charge in [-0.2, -0.15) is 0 Å². The summed E-state index contributed by atoms with van der Waals surface area (Å²) >= 11 is 1.68. The van der Waals surface area contributed by atoms with Crippen molar-refractivity contribution in [3.8, 4) is 11.1 Å². The molecule has 8 aromatic carbocycles. The number of para-hydroxylation sites is 2. The van der Waals surface area contributed by atoms with Crippen molar-refractivity contribution in [3.05, 3.63) is 181 Å². The van der Waals surface area contributed by atoms with Crippen LogP contribution in [0.1, 0.15) is 10.9 Å². The Morgan fingerprint density at radius 2 is 1.04 bits per heavy atom. The van der Waals surface area contributed by atoms with E-state index in [0.29, 0.717) is 10.6 Å². The van der Waals surface area contributed by atoms with E-state index in [2.05, 4.69) is 138 Å². The third-order valence-corrected chi connectivity index (χ3v) is 13.2. The van der Waals surface area contributed by atoms with Gasteiger partial charge in [0, 0.05) is 21.2 Å². The molecule has 0 saturated heterocycles. The second-order valence-electron chi connectivity index (χ2n) is 13.0. The minimum absolute atomic E-state index is 0.349. The molecule has 0 aliphatic carbocycles. The second-order valence-corrected chi connectivity index (χ2v) is 16.1. The molecule has 4 nitrogen and oxygen atoms in total. The van der Waals surface area contributed by atoms with Crippen molar-refractivity contribution in [2.45, 2.75) is 20.1 Å². The molecule has 6 heteroatoms. The van der Waals surface area contributed by atoms with Gasteiger partial charge in [-0.15, -0.1) is 0 Å². The Morgan fingerprint density at radius 3 is 1.82 bits per heavy atom. The molecular weight excluding hydrogens is 665 g/mol. The molecule has 0 radical (unpaired) electrons. The summed E-state index contributed by atoms with van der Waals surface area (Å²) < 4.78 is 29.0. The van der Waals surface area contributed by atoms with E-state index in [0.717, 1.165) is 49.2 Å². The van der Waals surface area contributed by atoms with Crippen molar-refractivity contribution in [2.24, 2.45) is 0 Å². The molecule has 1 atom stereocenters. The van der Waals surface area contributed by atoms with Crippen molar-refractivity contribution < 1.29 is 8.42 Å². The second kappa shape index (κ2) is 11.6. The molecule has 2 aliphatic rings. The van der Waals surface area contributed by atoms with E-state index >= 15 is 0 Å². The summed E-state index contributed by atoms with van der Waals surface area (Å²) in [6.07, 6.45) is 0. The molecule has 0 fully saturated rings. The molecule has 0 spiro atoms. The van der Waals surface area contributed by atoms with Crippen LogP contribution in [-0.2, 0) is 9.84 Å². The standard InChI is InChI=1S/C45H30N2O2S2/c48-51(49)44-16-8-6-14-41(44)47(37-23-19-32(20-24-37)35-18-17-30-9-1-3-11-33(30)27-35)45(51)36-22-26-40-43(29-36)50-42-15-7-5-13-39(42)46(40)38-25-21-31-10-2-4-12-34(31)28-38/h1-29,45H. The Bertz CT molecular complexity index is 2780. The summed E-state index contributed by atoms with van der Waals surface area (Å²) in [4.78, 5) is 6.76. The van der Waals surface area contributed by atoms with Gasteiger partial charge < -0.3 is 9.80 Å². The van der Waals surface area contributed by atoms with E-state index in [4.69, 9.17) is 0 Å². The van der Waals surface area contributed by atoms with Gasteiger partial charge in [0.15, 0.2) is 5.37 Å². The maximum atomic E-state index is 14.5. The molecule has 0 aromatic heterocycles. The largest absolute Gasteiger partial charge is 0.319 e. The maximum absolute atomic E-state index is 14.5. The Labute approximate surface area is 301 Å². The third-order valence-electron chi connectivity index (χ3n) is 10.0. The van der Waals surface area contributed by atoms with E-state index in [9.17, 15) is 8.42 Å². The lowest BCUT2D eigenvalue weighted by atomic mass is 10.0. The lowest BCUT2D eigenvalue weighted by Crippen LogP contribution is -2.24. The van der Waals surface area contributed by atoms with Crippen molar-refractivity contribution in [3.63, 3.8) is 0 Å². The average Bonchev–Trinajstić information content (AvgIpc) is 3.42. The van der Waals surface area contributed by atoms with Gasteiger partial charge in [0.05, 0.1) is 22.0 Å².